The molecule has 39 heavy (non-hydrogen) atoms. The summed E-state index contributed by atoms with van der Waals surface area (Å²) in [6, 6.07) is 14.4. The number of hydrogen-bond donors (Lipinski definition) is 1. The lowest BCUT2D eigenvalue weighted by molar-refractivity contribution is 0.00723. The van der Waals surface area contributed by atoms with E-state index in [0.717, 1.165) is 36.1 Å². The van der Waals surface area contributed by atoms with Crippen molar-refractivity contribution in [3.8, 4) is 5.75 Å². The molecule has 0 aromatic heterocycles. The molecule has 1 spiro atoms. The van der Waals surface area contributed by atoms with Crippen LogP contribution in [0.5, 0.6) is 5.75 Å². The first kappa shape index (κ1) is 29.6. The van der Waals surface area contributed by atoms with Crippen LogP contribution in [0.1, 0.15) is 82.7 Å². The Morgan fingerprint density at radius 3 is 2.21 bits per heavy atom. The number of likely N-dealkylation sites (tertiary alicyclic amines) is 1. The molecule has 1 fully saturated rings. The molecule has 2 aromatic carbocycles. The van der Waals surface area contributed by atoms with E-state index in [4.69, 9.17) is 14.2 Å². The van der Waals surface area contributed by atoms with Crippen LogP contribution in [-0.4, -0.2) is 45.7 Å². The quantitative estimate of drug-likeness (QED) is 0.447. The molecular formula is C31H44N2O5S. The SMILES string of the molecule is COc1ccc(COCc2ccc3c(c2)[C@@H](NS(=O)C(C)(C)C)C2(CCN(C(=O)OC(C)(C)C)CC2)C3)cc1. The number of methoxy groups -OCH3 is 1. The summed E-state index contributed by atoms with van der Waals surface area (Å²) in [6.07, 6.45) is 2.29. The monoisotopic (exact) mass is 556 g/mol. The van der Waals surface area contributed by atoms with E-state index in [0.29, 0.717) is 26.3 Å². The topological polar surface area (TPSA) is 77.1 Å². The summed E-state index contributed by atoms with van der Waals surface area (Å²) >= 11 is 0. The standard InChI is InChI=1S/C31H44N2O5S/c1-29(2,3)38-28(34)33-16-14-31(15-17-33)19-24-11-8-23(18-26(24)27(31)32-39(35)30(4,5)6)21-37-20-22-9-12-25(36-7)13-10-22/h8-13,18,27,32H,14-17,19-21H2,1-7H3/t27-,39?/m1/s1. The number of nitrogens with zero attached hydrogens (tertiary/aromatic N) is 1. The molecule has 2 aromatic rings. The van der Waals surface area contributed by atoms with Crippen molar-refractivity contribution in [3.05, 3.63) is 64.7 Å². The number of fused-ring (bicyclic) bond motifs is 1. The van der Waals surface area contributed by atoms with E-state index < -0.39 is 16.6 Å². The van der Waals surface area contributed by atoms with Gasteiger partial charge in [-0.25, -0.2) is 13.7 Å². The zero-order valence-corrected chi connectivity index (χ0v) is 25.3. The van der Waals surface area contributed by atoms with E-state index in [-0.39, 0.29) is 22.3 Å². The van der Waals surface area contributed by atoms with E-state index in [9.17, 15) is 9.00 Å². The second-order valence-corrected chi connectivity index (χ2v) is 14.8. The van der Waals surface area contributed by atoms with Gasteiger partial charge in [0.15, 0.2) is 0 Å². The fourth-order valence-electron chi connectivity index (χ4n) is 5.38. The average Bonchev–Trinajstić information content (AvgIpc) is 3.15. The van der Waals surface area contributed by atoms with Gasteiger partial charge in [-0.1, -0.05) is 30.3 Å². The zero-order valence-electron chi connectivity index (χ0n) is 24.5. The highest BCUT2D eigenvalue weighted by atomic mass is 32.2. The van der Waals surface area contributed by atoms with Crippen molar-refractivity contribution in [1.29, 1.82) is 0 Å². The van der Waals surface area contributed by atoms with E-state index in [1.807, 2.05) is 70.7 Å². The van der Waals surface area contributed by atoms with Crippen molar-refractivity contribution >= 4 is 17.1 Å². The molecule has 1 unspecified atom stereocenters. The molecule has 1 aliphatic heterocycles. The molecule has 0 bridgehead atoms. The van der Waals surface area contributed by atoms with E-state index in [1.54, 1.807) is 7.11 Å². The van der Waals surface area contributed by atoms with Gasteiger partial charge in [0.2, 0.25) is 0 Å². The number of nitrogens with one attached hydrogen (secondary N) is 1. The molecule has 1 amide bonds. The summed E-state index contributed by atoms with van der Waals surface area (Å²) in [5.74, 6) is 0.828. The fraction of sp³-hybridized carbons (Fsp3) is 0.581. The lowest BCUT2D eigenvalue weighted by Gasteiger charge is -2.44. The Balaban J connectivity index is 1.49. The largest absolute Gasteiger partial charge is 0.497 e. The summed E-state index contributed by atoms with van der Waals surface area (Å²) < 4.78 is 33.4. The summed E-state index contributed by atoms with van der Waals surface area (Å²) in [4.78, 5) is 14.5. The third-order valence-corrected chi connectivity index (χ3v) is 9.13. The van der Waals surface area contributed by atoms with Gasteiger partial charge >= 0.3 is 6.09 Å². The van der Waals surface area contributed by atoms with Crippen molar-refractivity contribution in [3.63, 3.8) is 0 Å². The Bertz CT molecular complexity index is 1170. The maximum absolute atomic E-state index is 13.3. The van der Waals surface area contributed by atoms with Gasteiger partial charge < -0.3 is 19.1 Å². The first-order valence-electron chi connectivity index (χ1n) is 13.8. The van der Waals surface area contributed by atoms with Gasteiger partial charge in [-0.15, -0.1) is 0 Å². The van der Waals surface area contributed by atoms with Crippen molar-refractivity contribution in [2.75, 3.05) is 20.2 Å². The molecule has 8 heteroatoms. The predicted octanol–water partition coefficient (Wildman–Crippen LogP) is 6.08. The third-order valence-electron chi connectivity index (χ3n) is 7.56. The Hall–Kier alpha value is -2.42. The predicted molar refractivity (Wildman–Crippen MR) is 155 cm³/mol. The highest BCUT2D eigenvalue weighted by molar-refractivity contribution is 7.84. The lowest BCUT2D eigenvalue weighted by atomic mass is 9.73. The number of carbonyl (C=O) groups excluding carboxylic acids is 1. The van der Waals surface area contributed by atoms with Gasteiger partial charge in [-0.3, -0.25) is 0 Å². The summed E-state index contributed by atoms with van der Waals surface area (Å²) in [5.41, 5.74) is 4.04. The van der Waals surface area contributed by atoms with Crippen LogP contribution in [0.2, 0.25) is 0 Å². The Morgan fingerprint density at radius 1 is 1.00 bits per heavy atom. The maximum atomic E-state index is 13.3. The number of carbonyl (C=O) groups is 1. The van der Waals surface area contributed by atoms with Gasteiger partial charge in [-0.05, 0) is 101 Å². The normalized spacial score (nSPS) is 19.6. The van der Waals surface area contributed by atoms with Gasteiger partial charge in [0.25, 0.3) is 0 Å². The van der Waals surface area contributed by atoms with Crippen LogP contribution in [0.25, 0.3) is 0 Å². The molecule has 214 valence electrons. The number of hydrogen-bond acceptors (Lipinski definition) is 5. The van der Waals surface area contributed by atoms with Crippen molar-refractivity contribution in [1.82, 2.24) is 9.62 Å². The van der Waals surface area contributed by atoms with Crippen molar-refractivity contribution in [2.24, 2.45) is 5.41 Å². The number of ether oxygens (including phenoxy) is 3. The third kappa shape index (κ3) is 7.21. The molecule has 7 nitrogen and oxygen atoms in total. The minimum atomic E-state index is -1.23. The Kier molecular flexibility index (Phi) is 8.79. The van der Waals surface area contributed by atoms with Crippen molar-refractivity contribution in [2.45, 2.75) is 90.4 Å². The Labute approximate surface area is 236 Å². The van der Waals surface area contributed by atoms with Crippen LogP contribution in [0.4, 0.5) is 4.79 Å². The van der Waals surface area contributed by atoms with E-state index in [1.165, 1.54) is 11.1 Å². The highest BCUT2D eigenvalue weighted by Gasteiger charge is 2.49. The van der Waals surface area contributed by atoms with Gasteiger partial charge in [0.1, 0.15) is 11.4 Å². The van der Waals surface area contributed by atoms with Gasteiger partial charge in [0.05, 0.1) is 42.1 Å². The highest BCUT2D eigenvalue weighted by Crippen LogP contribution is 2.52. The first-order valence-corrected chi connectivity index (χ1v) is 14.9. The minimum Gasteiger partial charge on any atom is -0.497 e. The van der Waals surface area contributed by atoms with Gasteiger partial charge in [0, 0.05) is 13.1 Å². The molecule has 2 atom stereocenters. The number of benzene rings is 2. The van der Waals surface area contributed by atoms with E-state index in [2.05, 4.69) is 22.9 Å². The average molecular weight is 557 g/mol. The fourth-order valence-corrected chi connectivity index (χ4v) is 6.33. The van der Waals surface area contributed by atoms with Crippen LogP contribution in [0, 0.1) is 5.41 Å². The second kappa shape index (κ2) is 11.6. The number of amides is 1. The number of rotatable bonds is 7. The lowest BCUT2D eigenvalue weighted by Crippen LogP contribution is -2.49. The number of piperidine rings is 1. The smallest absolute Gasteiger partial charge is 0.410 e. The maximum Gasteiger partial charge on any atom is 0.410 e. The van der Waals surface area contributed by atoms with Crippen LogP contribution in [-0.2, 0) is 40.1 Å². The van der Waals surface area contributed by atoms with Gasteiger partial charge in [-0.2, -0.15) is 0 Å². The molecule has 1 N–H and O–H groups in total. The summed E-state index contributed by atoms with van der Waals surface area (Å²) in [7, 11) is 0.430. The zero-order chi connectivity index (χ0) is 28.4. The molecule has 4 rings (SSSR count). The Morgan fingerprint density at radius 2 is 1.62 bits per heavy atom. The van der Waals surface area contributed by atoms with Crippen LogP contribution in [0.15, 0.2) is 42.5 Å². The summed E-state index contributed by atoms with van der Waals surface area (Å²) in [6.45, 7) is 13.9. The van der Waals surface area contributed by atoms with Crippen LogP contribution >= 0.6 is 0 Å². The molecule has 0 radical (unpaired) electrons. The second-order valence-electron chi connectivity index (χ2n) is 12.8. The minimum absolute atomic E-state index is 0.0603. The van der Waals surface area contributed by atoms with Crippen LogP contribution in [0.3, 0.4) is 0 Å². The molecular weight excluding hydrogens is 512 g/mol. The molecule has 1 heterocycles. The first-order chi connectivity index (χ1) is 18.3. The molecule has 2 aliphatic rings. The van der Waals surface area contributed by atoms with Crippen molar-refractivity contribution < 1.29 is 23.2 Å². The van der Waals surface area contributed by atoms with E-state index >= 15 is 0 Å². The molecule has 1 saturated heterocycles. The molecule has 1 aliphatic carbocycles. The molecule has 0 saturated carbocycles. The summed E-state index contributed by atoms with van der Waals surface area (Å²) in [5, 5.41) is 0. The van der Waals surface area contributed by atoms with Crippen LogP contribution < -0.4 is 9.46 Å².